The summed E-state index contributed by atoms with van der Waals surface area (Å²) in [6, 6.07) is 14.0. The van der Waals surface area contributed by atoms with Crippen LogP contribution < -0.4 is 11.0 Å². The summed E-state index contributed by atoms with van der Waals surface area (Å²) in [4.78, 5) is 37.0. The second-order valence-electron chi connectivity index (χ2n) is 6.37. The van der Waals surface area contributed by atoms with Crippen LogP contribution >= 0.6 is 15.9 Å². The minimum Gasteiger partial charge on any atom is -0.469 e. The van der Waals surface area contributed by atoms with Crippen LogP contribution in [0, 0.1) is 0 Å². The number of amides is 1. The lowest BCUT2D eigenvalue weighted by Crippen LogP contribution is -2.35. The first-order valence-corrected chi connectivity index (χ1v) is 9.46. The van der Waals surface area contributed by atoms with Gasteiger partial charge in [0.05, 0.1) is 30.6 Å². The third kappa shape index (κ3) is 4.17. The van der Waals surface area contributed by atoms with Crippen LogP contribution in [0.2, 0.25) is 0 Å². The summed E-state index contributed by atoms with van der Waals surface area (Å²) in [7, 11) is 2.97. The van der Waals surface area contributed by atoms with E-state index >= 15 is 0 Å². The van der Waals surface area contributed by atoms with E-state index in [1.165, 1.54) is 16.2 Å². The molecule has 0 aliphatic carbocycles. The Morgan fingerprint density at radius 2 is 1.86 bits per heavy atom. The Hall–Kier alpha value is -2.87. The fraction of sp³-hybridized carbons (Fsp3) is 0.250. The number of fused-ring (bicyclic) bond motifs is 1. The summed E-state index contributed by atoms with van der Waals surface area (Å²) in [6.45, 7) is -0.147. The van der Waals surface area contributed by atoms with Crippen LogP contribution in [-0.2, 0) is 27.9 Å². The van der Waals surface area contributed by atoms with E-state index in [2.05, 4.69) is 21.2 Å². The molecule has 3 aromatic rings. The van der Waals surface area contributed by atoms with Crippen LogP contribution in [-0.4, -0.2) is 28.1 Å². The zero-order valence-corrected chi connectivity index (χ0v) is 17.1. The largest absolute Gasteiger partial charge is 0.469 e. The molecule has 1 heterocycles. The molecule has 7 nitrogen and oxygen atoms in total. The van der Waals surface area contributed by atoms with Crippen molar-refractivity contribution in [3.8, 4) is 0 Å². The van der Waals surface area contributed by atoms with Gasteiger partial charge >= 0.3 is 11.7 Å². The highest BCUT2D eigenvalue weighted by atomic mass is 79.9. The number of para-hydroxylation sites is 2. The molecule has 3 rings (SSSR count). The third-order valence-electron chi connectivity index (χ3n) is 4.54. The molecule has 0 saturated carbocycles. The van der Waals surface area contributed by atoms with Crippen LogP contribution in [0.1, 0.15) is 18.0 Å². The van der Waals surface area contributed by atoms with Crippen molar-refractivity contribution in [1.29, 1.82) is 0 Å². The number of nitrogens with one attached hydrogen (secondary N) is 1. The predicted molar refractivity (Wildman–Crippen MR) is 109 cm³/mol. The van der Waals surface area contributed by atoms with E-state index in [-0.39, 0.29) is 24.6 Å². The molecule has 0 fully saturated rings. The Balaban J connectivity index is 1.86. The van der Waals surface area contributed by atoms with Gasteiger partial charge in [-0.25, -0.2) is 4.79 Å². The van der Waals surface area contributed by atoms with Crippen LogP contribution in [0.5, 0.6) is 0 Å². The minimum atomic E-state index is -0.567. The molecule has 0 spiro atoms. The van der Waals surface area contributed by atoms with Gasteiger partial charge in [0.25, 0.3) is 0 Å². The molecule has 0 aliphatic rings. The number of carbonyl (C=O) groups excluding carboxylic acids is 2. The summed E-state index contributed by atoms with van der Waals surface area (Å²) in [5.74, 6) is -0.806. The van der Waals surface area contributed by atoms with Crippen molar-refractivity contribution >= 4 is 38.8 Å². The monoisotopic (exact) mass is 445 g/mol. The fourth-order valence-corrected chi connectivity index (χ4v) is 3.54. The zero-order chi connectivity index (χ0) is 20.3. The normalized spacial score (nSPS) is 12.0. The number of methoxy groups -OCH3 is 1. The maximum atomic E-state index is 12.7. The molecular weight excluding hydrogens is 426 g/mol. The van der Waals surface area contributed by atoms with E-state index in [0.29, 0.717) is 5.52 Å². The Labute approximate surface area is 170 Å². The van der Waals surface area contributed by atoms with Crippen LogP contribution in [0.15, 0.2) is 57.8 Å². The van der Waals surface area contributed by atoms with Crippen molar-refractivity contribution in [1.82, 2.24) is 14.5 Å². The van der Waals surface area contributed by atoms with Crippen molar-refractivity contribution in [2.45, 2.75) is 19.0 Å². The molecule has 28 heavy (non-hydrogen) atoms. The first-order valence-electron chi connectivity index (χ1n) is 8.66. The average molecular weight is 446 g/mol. The first kappa shape index (κ1) is 19.9. The predicted octanol–water partition coefficient (Wildman–Crippen LogP) is 2.52. The van der Waals surface area contributed by atoms with Crippen LogP contribution in [0.4, 0.5) is 0 Å². The minimum absolute atomic E-state index is 0.0108. The summed E-state index contributed by atoms with van der Waals surface area (Å²) >= 11 is 3.40. The highest BCUT2D eigenvalue weighted by Gasteiger charge is 2.21. The number of rotatable bonds is 6. The molecule has 1 N–H and O–H groups in total. The lowest BCUT2D eigenvalue weighted by molar-refractivity contribution is -0.141. The number of aromatic nitrogens is 2. The van der Waals surface area contributed by atoms with Crippen LogP contribution in [0.25, 0.3) is 11.0 Å². The van der Waals surface area contributed by atoms with Crippen molar-refractivity contribution in [2.75, 3.05) is 7.11 Å². The molecule has 0 saturated heterocycles. The molecule has 0 aliphatic heterocycles. The molecule has 1 amide bonds. The maximum Gasteiger partial charge on any atom is 0.329 e. The SMILES string of the molecule is COC(=O)C[C@@H](NC(=O)Cn1c(=O)n(C)c2ccccc21)c1cccc(Br)c1. The molecule has 2 aromatic carbocycles. The van der Waals surface area contributed by atoms with E-state index in [9.17, 15) is 14.4 Å². The Kier molecular flexibility index (Phi) is 5.99. The number of carbonyl (C=O) groups is 2. The van der Waals surface area contributed by atoms with E-state index in [0.717, 1.165) is 15.6 Å². The quantitative estimate of drug-likeness (QED) is 0.590. The summed E-state index contributed by atoms with van der Waals surface area (Å²) < 4.78 is 8.50. The fourth-order valence-electron chi connectivity index (χ4n) is 3.13. The highest BCUT2D eigenvalue weighted by Crippen LogP contribution is 2.21. The number of esters is 1. The number of nitrogens with zero attached hydrogens (tertiary/aromatic N) is 2. The van der Waals surface area contributed by atoms with Gasteiger partial charge in [0, 0.05) is 11.5 Å². The topological polar surface area (TPSA) is 82.3 Å². The van der Waals surface area contributed by atoms with Gasteiger partial charge in [-0.3, -0.25) is 18.7 Å². The molecule has 146 valence electrons. The van der Waals surface area contributed by atoms with Gasteiger partial charge < -0.3 is 10.1 Å². The second-order valence-corrected chi connectivity index (χ2v) is 7.29. The number of benzene rings is 2. The number of ether oxygens (including phenoxy) is 1. The van der Waals surface area contributed by atoms with Crippen molar-refractivity contribution in [3.63, 3.8) is 0 Å². The van der Waals surface area contributed by atoms with Gasteiger partial charge in [0.2, 0.25) is 5.91 Å². The molecular formula is C20H20BrN3O4. The summed E-state index contributed by atoms with van der Waals surface area (Å²) in [5.41, 5.74) is 1.91. The average Bonchev–Trinajstić information content (AvgIpc) is 2.92. The molecule has 0 bridgehead atoms. The first-order chi connectivity index (χ1) is 13.4. The number of aryl methyl sites for hydroxylation is 1. The Morgan fingerprint density at radius 3 is 2.54 bits per heavy atom. The lowest BCUT2D eigenvalue weighted by atomic mass is 10.0. The summed E-state index contributed by atoms with van der Waals surface area (Å²) in [6.07, 6.45) is -0.0108. The highest BCUT2D eigenvalue weighted by molar-refractivity contribution is 9.10. The molecule has 0 unspecified atom stereocenters. The van der Waals surface area contributed by atoms with Gasteiger partial charge in [-0.2, -0.15) is 0 Å². The van der Waals surface area contributed by atoms with Crippen molar-refractivity contribution in [3.05, 3.63) is 69.1 Å². The third-order valence-corrected chi connectivity index (χ3v) is 5.03. The molecule has 1 atom stereocenters. The van der Waals surface area contributed by atoms with Crippen LogP contribution in [0.3, 0.4) is 0 Å². The van der Waals surface area contributed by atoms with Gasteiger partial charge in [0.15, 0.2) is 0 Å². The summed E-state index contributed by atoms with van der Waals surface area (Å²) in [5, 5.41) is 2.85. The smallest absolute Gasteiger partial charge is 0.329 e. The Bertz CT molecular complexity index is 1090. The van der Waals surface area contributed by atoms with Crippen molar-refractivity contribution < 1.29 is 14.3 Å². The number of imidazole rings is 1. The Morgan fingerprint density at radius 1 is 1.14 bits per heavy atom. The number of hydrogen-bond donors (Lipinski definition) is 1. The van der Waals surface area contributed by atoms with E-state index < -0.39 is 12.0 Å². The zero-order valence-electron chi connectivity index (χ0n) is 15.5. The lowest BCUT2D eigenvalue weighted by Gasteiger charge is -2.18. The van der Waals surface area contributed by atoms with Gasteiger partial charge in [-0.05, 0) is 29.8 Å². The van der Waals surface area contributed by atoms with E-state index in [1.807, 2.05) is 42.5 Å². The van der Waals surface area contributed by atoms with Gasteiger partial charge in [0.1, 0.15) is 6.54 Å². The van der Waals surface area contributed by atoms with Gasteiger partial charge in [-0.15, -0.1) is 0 Å². The van der Waals surface area contributed by atoms with E-state index in [4.69, 9.17) is 4.74 Å². The maximum absolute atomic E-state index is 12.7. The standard InChI is InChI=1S/C20H20BrN3O4/c1-23-16-8-3-4-9-17(16)24(20(23)27)12-18(25)22-15(11-19(26)28-2)13-6-5-7-14(21)10-13/h3-10,15H,11-12H2,1-2H3,(H,22,25)/t15-/m1/s1. The number of hydrogen-bond acceptors (Lipinski definition) is 4. The molecule has 0 radical (unpaired) electrons. The number of halogens is 1. The van der Waals surface area contributed by atoms with Crippen molar-refractivity contribution in [2.24, 2.45) is 7.05 Å². The van der Waals surface area contributed by atoms with E-state index in [1.54, 1.807) is 13.1 Å². The second kappa shape index (κ2) is 8.43. The molecule has 8 heteroatoms. The molecule has 1 aromatic heterocycles. The van der Waals surface area contributed by atoms with Gasteiger partial charge in [-0.1, -0.05) is 40.2 Å².